The van der Waals surface area contributed by atoms with Crippen LogP contribution in [0.2, 0.25) is 0 Å². The molecule has 7 heteroatoms. The van der Waals surface area contributed by atoms with Gasteiger partial charge in [-0.2, -0.15) is 4.31 Å². The van der Waals surface area contributed by atoms with Gasteiger partial charge in [-0.05, 0) is 6.92 Å². The van der Waals surface area contributed by atoms with Gasteiger partial charge in [0.1, 0.15) is 0 Å². The van der Waals surface area contributed by atoms with E-state index in [-0.39, 0.29) is 5.97 Å². The van der Waals surface area contributed by atoms with Crippen molar-refractivity contribution in [3.63, 3.8) is 0 Å². The van der Waals surface area contributed by atoms with E-state index in [1.807, 2.05) is 0 Å². The van der Waals surface area contributed by atoms with E-state index < -0.39 is 10.0 Å². The molecule has 1 heterocycles. The molecule has 0 unspecified atom stereocenters. The molecule has 0 amide bonds. The number of sulfonamides is 1. The van der Waals surface area contributed by atoms with Gasteiger partial charge < -0.3 is 4.74 Å². The fourth-order valence-corrected chi connectivity index (χ4v) is 2.56. The molecule has 0 aromatic heterocycles. The van der Waals surface area contributed by atoms with Crippen LogP contribution in [0.3, 0.4) is 0 Å². The van der Waals surface area contributed by atoms with Crippen molar-refractivity contribution in [2.75, 3.05) is 45.6 Å². The quantitative estimate of drug-likeness (QED) is 0.509. The van der Waals surface area contributed by atoms with Crippen LogP contribution in [0.5, 0.6) is 0 Å². The predicted molar refractivity (Wildman–Crippen MR) is 68.6 cm³/mol. The lowest BCUT2D eigenvalue weighted by molar-refractivity contribution is -0.137. The first-order chi connectivity index (χ1) is 8.43. The maximum atomic E-state index is 11.3. The normalized spacial score (nSPS) is 19.2. The first-order valence-corrected chi connectivity index (χ1v) is 7.79. The summed E-state index contributed by atoms with van der Waals surface area (Å²) in [6, 6.07) is 0. The predicted octanol–water partition coefficient (Wildman–Crippen LogP) is -0.317. The highest BCUT2D eigenvalue weighted by Gasteiger charge is 2.22. The molecular weight excluding hydrogens is 256 g/mol. The molecule has 0 bridgehead atoms. The van der Waals surface area contributed by atoms with E-state index >= 15 is 0 Å². The summed E-state index contributed by atoms with van der Waals surface area (Å²) in [5.74, 6) is -0.340. The van der Waals surface area contributed by atoms with E-state index in [1.54, 1.807) is 13.0 Å². The smallest absolute Gasteiger partial charge is 0.330 e. The maximum Gasteiger partial charge on any atom is 0.330 e. The highest BCUT2D eigenvalue weighted by atomic mass is 32.2. The van der Waals surface area contributed by atoms with Crippen LogP contribution in [0.15, 0.2) is 12.2 Å². The molecule has 0 spiro atoms. The lowest BCUT2D eigenvalue weighted by atomic mass is 10.3. The van der Waals surface area contributed by atoms with Crippen LogP contribution in [-0.2, 0) is 19.6 Å². The highest BCUT2D eigenvalue weighted by molar-refractivity contribution is 7.88. The van der Waals surface area contributed by atoms with E-state index in [0.717, 1.165) is 0 Å². The minimum Gasteiger partial charge on any atom is -0.463 e. The van der Waals surface area contributed by atoms with Crippen LogP contribution in [0.4, 0.5) is 0 Å². The van der Waals surface area contributed by atoms with Crippen LogP contribution in [-0.4, -0.2) is 69.2 Å². The van der Waals surface area contributed by atoms with Gasteiger partial charge in [-0.3, -0.25) is 4.90 Å². The Bertz CT molecular complexity index is 397. The zero-order chi connectivity index (χ0) is 13.6. The van der Waals surface area contributed by atoms with Crippen molar-refractivity contribution in [3.8, 4) is 0 Å². The fraction of sp³-hybridized carbons (Fsp3) is 0.727. The molecule has 1 fully saturated rings. The Labute approximate surface area is 108 Å². The largest absolute Gasteiger partial charge is 0.463 e. The van der Waals surface area contributed by atoms with Crippen LogP contribution in [0.1, 0.15) is 6.92 Å². The second kappa shape index (κ2) is 6.86. The van der Waals surface area contributed by atoms with Crippen molar-refractivity contribution in [2.45, 2.75) is 6.92 Å². The molecule has 1 saturated heterocycles. The topological polar surface area (TPSA) is 66.9 Å². The van der Waals surface area contributed by atoms with E-state index in [2.05, 4.69) is 4.90 Å². The van der Waals surface area contributed by atoms with Crippen molar-refractivity contribution in [2.24, 2.45) is 0 Å². The summed E-state index contributed by atoms with van der Waals surface area (Å²) in [5, 5.41) is 0. The van der Waals surface area contributed by atoms with Crippen molar-refractivity contribution in [1.29, 1.82) is 0 Å². The van der Waals surface area contributed by atoms with Gasteiger partial charge in [-0.15, -0.1) is 0 Å². The monoisotopic (exact) mass is 276 g/mol. The summed E-state index contributed by atoms with van der Waals surface area (Å²) in [4.78, 5) is 13.1. The van der Waals surface area contributed by atoms with Gasteiger partial charge in [0.2, 0.25) is 10.0 Å². The van der Waals surface area contributed by atoms with E-state index in [4.69, 9.17) is 4.74 Å². The van der Waals surface area contributed by atoms with Crippen molar-refractivity contribution in [1.82, 2.24) is 9.21 Å². The molecule has 0 saturated carbocycles. The summed E-state index contributed by atoms with van der Waals surface area (Å²) in [6.45, 7) is 5.14. The molecule has 18 heavy (non-hydrogen) atoms. The summed E-state index contributed by atoms with van der Waals surface area (Å²) >= 11 is 0. The molecule has 1 aliphatic rings. The summed E-state index contributed by atoms with van der Waals surface area (Å²) in [7, 11) is -3.08. The molecule has 0 aliphatic carbocycles. The first-order valence-electron chi connectivity index (χ1n) is 5.94. The minimum absolute atomic E-state index is 0.340. The number of nitrogens with zero attached hydrogens (tertiary/aromatic N) is 2. The van der Waals surface area contributed by atoms with Gasteiger partial charge in [0.05, 0.1) is 12.9 Å². The third-order valence-corrected chi connectivity index (χ3v) is 4.01. The maximum absolute atomic E-state index is 11.3. The molecule has 0 atom stereocenters. The molecule has 1 rings (SSSR count). The van der Waals surface area contributed by atoms with Crippen LogP contribution in [0, 0.1) is 0 Å². The zero-order valence-electron chi connectivity index (χ0n) is 10.8. The van der Waals surface area contributed by atoms with Gasteiger partial charge in [-0.1, -0.05) is 6.08 Å². The summed E-state index contributed by atoms with van der Waals surface area (Å²) in [6.07, 6.45) is 4.38. The number of hydrogen-bond donors (Lipinski definition) is 0. The second-order valence-corrected chi connectivity index (χ2v) is 6.10. The van der Waals surface area contributed by atoms with Crippen LogP contribution >= 0.6 is 0 Å². The summed E-state index contributed by atoms with van der Waals surface area (Å²) < 4.78 is 28.8. The molecule has 104 valence electrons. The third-order valence-electron chi connectivity index (χ3n) is 2.70. The third kappa shape index (κ3) is 5.16. The standard InChI is InChI=1S/C11H20N2O4S/c1-3-17-11(14)5-4-6-12-7-9-13(10-8-12)18(2,15)16/h4-5H,3,6-10H2,1-2H3/b5-4+. The number of esters is 1. The van der Waals surface area contributed by atoms with Crippen molar-refractivity contribution >= 4 is 16.0 Å². The average molecular weight is 276 g/mol. The van der Waals surface area contributed by atoms with Gasteiger partial charge in [0, 0.05) is 38.8 Å². The molecule has 0 N–H and O–H groups in total. The average Bonchev–Trinajstić information content (AvgIpc) is 2.29. The van der Waals surface area contributed by atoms with Gasteiger partial charge >= 0.3 is 5.97 Å². The Morgan fingerprint density at radius 2 is 1.89 bits per heavy atom. The Balaban J connectivity index is 2.30. The summed E-state index contributed by atoms with van der Waals surface area (Å²) in [5.41, 5.74) is 0. The zero-order valence-corrected chi connectivity index (χ0v) is 11.6. The van der Waals surface area contributed by atoms with Crippen molar-refractivity contribution in [3.05, 3.63) is 12.2 Å². The minimum atomic E-state index is -3.08. The van der Waals surface area contributed by atoms with Gasteiger partial charge in [0.25, 0.3) is 0 Å². The number of carbonyl (C=O) groups excluding carboxylic acids is 1. The first kappa shape index (κ1) is 15.1. The number of rotatable bonds is 5. The molecule has 1 aliphatic heterocycles. The van der Waals surface area contributed by atoms with Crippen molar-refractivity contribution < 1.29 is 17.9 Å². The Morgan fingerprint density at radius 3 is 2.39 bits per heavy atom. The second-order valence-electron chi connectivity index (χ2n) is 4.12. The Hall–Kier alpha value is -0.920. The Kier molecular flexibility index (Phi) is 5.77. The van der Waals surface area contributed by atoms with E-state index in [0.29, 0.717) is 39.3 Å². The van der Waals surface area contributed by atoms with E-state index in [9.17, 15) is 13.2 Å². The lowest BCUT2D eigenvalue weighted by Crippen LogP contribution is -2.48. The molecular formula is C11H20N2O4S. The van der Waals surface area contributed by atoms with Gasteiger partial charge in [0.15, 0.2) is 0 Å². The van der Waals surface area contributed by atoms with E-state index in [1.165, 1.54) is 16.6 Å². The number of ether oxygens (including phenoxy) is 1. The molecule has 0 radical (unpaired) electrons. The van der Waals surface area contributed by atoms with Crippen LogP contribution < -0.4 is 0 Å². The Morgan fingerprint density at radius 1 is 1.28 bits per heavy atom. The fourth-order valence-electron chi connectivity index (χ4n) is 1.73. The molecule has 6 nitrogen and oxygen atoms in total. The van der Waals surface area contributed by atoms with Crippen LogP contribution in [0.25, 0.3) is 0 Å². The number of piperazine rings is 1. The number of hydrogen-bond acceptors (Lipinski definition) is 5. The molecule has 0 aromatic carbocycles. The lowest BCUT2D eigenvalue weighted by Gasteiger charge is -2.32. The highest BCUT2D eigenvalue weighted by Crippen LogP contribution is 2.05. The number of carbonyl (C=O) groups is 1. The molecule has 0 aromatic rings. The van der Waals surface area contributed by atoms with Gasteiger partial charge in [-0.25, -0.2) is 13.2 Å². The SMILES string of the molecule is CCOC(=O)/C=C/CN1CCN(S(C)(=O)=O)CC1.